The van der Waals surface area contributed by atoms with Crippen LogP contribution in [-0.2, 0) is 34.2 Å². The van der Waals surface area contributed by atoms with Gasteiger partial charge in [0.2, 0.25) is 11.8 Å². The Morgan fingerprint density at radius 2 is 2.19 bits per heavy atom. The highest BCUT2D eigenvalue weighted by Gasteiger charge is 2.68. The van der Waals surface area contributed by atoms with E-state index in [0.29, 0.717) is 19.6 Å². The van der Waals surface area contributed by atoms with Gasteiger partial charge in [0.25, 0.3) is 0 Å². The SMILES string of the molecule is CCc1nn(C)c(NC(=O)[C@H]2[C@@H]3CC[C@@]4(CN(CCN)C(=O)[C@@H]24)O3)c1CC. The molecule has 1 aromatic rings. The van der Waals surface area contributed by atoms with Gasteiger partial charge < -0.3 is 20.7 Å². The number of amides is 2. The number of nitrogens with zero attached hydrogens (tertiary/aromatic N) is 3. The highest BCUT2D eigenvalue weighted by Crippen LogP contribution is 2.55. The molecule has 3 N–H and O–H groups in total. The third kappa shape index (κ3) is 2.61. The number of nitrogens with one attached hydrogen (secondary N) is 1. The lowest BCUT2D eigenvalue weighted by Gasteiger charge is -2.27. The summed E-state index contributed by atoms with van der Waals surface area (Å²) >= 11 is 0. The van der Waals surface area contributed by atoms with Gasteiger partial charge in [0.05, 0.1) is 35.8 Å². The maximum absolute atomic E-state index is 13.2. The minimum absolute atomic E-state index is 0.0118. The lowest BCUT2D eigenvalue weighted by atomic mass is 9.73. The van der Waals surface area contributed by atoms with E-state index in [4.69, 9.17) is 10.5 Å². The minimum Gasteiger partial charge on any atom is -0.368 e. The highest BCUT2D eigenvalue weighted by molar-refractivity contribution is 5.98. The summed E-state index contributed by atoms with van der Waals surface area (Å²) < 4.78 is 7.96. The van der Waals surface area contributed by atoms with Gasteiger partial charge in [0.1, 0.15) is 5.82 Å². The van der Waals surface area contributed by atoms with Crippen molar-refractivity contribution >= 4 is 17.6 Å². The van der Waals surface area contributed by atoms with Gasteiger partial charge in [0, 0.05) is 25.7 Å². The van der Waals surface area contributed by atoms with Crippen LogP contribution in [0.3, 0.4) is 0 Å². The van der Waals surface area contributed by atoms with E-state index in [2.05, 4.69) is 24.3 Å². The van der Waals surface area contributed by atoms with Gasteiger partial charge in [-0.3, -0.25) is 14.3 Å². The first-order valence-electron chi connectivity index (χ1n) is 9.98. The number of anilines is 1. The molecule has 0 aromatic carbocycles. The van der Waals surface area contributed by atoms with Gasteiger partial charge >= 0.3 is 0 Å². The maximum atomic E-state index is 13.2. The summed E-state index contributed by atoms with van der Waals surface area (Å²) in [6.45, 7) is 5.61. The molecule has 3 aliphatic heterocycles. The number of hydrogen-bond donors (Lipinski definition) is 2. The Labute approximate surface area is 159 Å². The smallest absolute Gasteiger partial charge is 0.232 e. The van der Waals surface area contributed by atoms with Crippen molar-refractivity contribution in [3.8, 4) is 0 Å². The predicted molar refractivity (Wildman–Crippen MR) is 100 cm³/mol. The number of likely N-dealkylation sites (tertiary alicyclic amines) is 1. The molecule has 0 aliphatic carbocycles. The van der Waals surface area contributed by atoms with Crippen molar-refractivity contribution in [2.75, 3.05) is 25.0 Å². The van der Waals surface area contributed by atoms with Crippen LogP contribution in [0.5, 0.6) is 0 Å². The first-order valence-corrected chi connectivity index (χ1v) is 9.98. The molecule has 148 valence electrons. The fourth-order valence-electron chi connectivity index (χ4n) is 5.32. The molecule has 3 aliphatic rings. The fraction of sp³-hybridized carbons (Fsp3) is 0.737. The van der Waals surface area contributed by atoms with E-state index in [1.807, 2.05) is 7.05 Å². The molecule has 0 unspecified atom stereocenters. The third-order valence-electron chi connectivity index (χ3n) is 6.46. The van der Waals surface area contributed by atoms with Crippen LogP contribution in [-0.4, -0.2) is 57.8 Å². The Bertz CT molecular complexity index is 776. The van der Waals surface area contributed by atoms with Crippen molar-refractivity contribution in [1.82, 2.24) is 14.7 Å². The first-order chi connectivity index (χ1) is 13.0. The largest absolute Gasteiger partial charge is 0.368 e. The van der Waals surface area contributed by atoms with Crippen molar-refractivity contribution in [2.24, 2.45) is 24.6 Å². The summed E-state index contributed by atoms with van der Waals surface area (Å²) in [5, 5.41) is 7.60. The molecule has 0 radical (unpaired) electrons. The lowest BCUT2D eigenvalue weighted by Crippen LogP contribution is -2.43. The van der Waals surface area contributed by atoms with E-state index in [1.165, 1.54) is 0 Å². The van der Waals surface area contributed by atoms with Crippen molar-refractivity contribution in [3.05, 3.63) is 11.3 Å². The molecule has 0 saturated carbocycles. The zero-order valence-electron chi connectivity index (χ0n) is 16.3. The Morgan fingerprint density at radius 1 is 1.41 bits per heavy atom. The zero-order chi connectivity index (χ0) is 19.3. The normalized spacial score (nSPS) is 31.6. The topological polar surface area (TPSA) is 102 Å². The van der Waals surface area contributed by atoms with Gasteiger partial charge in [-0.2, -0.15) is 5.10 Å². The standard InChI is InChI=1S/C19H29N5O3/c1-4-11-12(5-2)22-23(3)16(11)21-17(25)14-13-6-7-19(27-13)10-24(9-8-20)18(26)15(14)19/h13-15H,4-10,20H2,1-3H3,(H,21,25)/t13-,14-,15+,19-/m0/s1. The molecular weight excluding hydrogens is 346 g/mol. The molecule has 27 heavy (non-hydrogen) atoms. The maximum Gasteiger partial charge on any atom is 0.232 e. The molecule has 3 saturated heterocycles. The highest BCUT2D eigenvalue weighted by atomic mass is 16.5. The Hall–Kier alpha value is -1.93. The lowest BCUT2D eigenvalue weighted by molar-refractivity contribution is -0.136. The predicted octanol–water partition coefficient (Wildman–Crippen LogP) is 0.448. The Kier molecular flexibility index (Phi) is 4.50. The average molecular weight is 375 g/mol. The van der Waals surface area contributed by atoms with Gasteiger partial charge in [0.15, 0.2) is 0 Å². The Balaban J connectivity index is 1.60. The van der Waals surface area contributed by atoms with Crippen LogP contribution in [0.4, 0.5) is 5.82 Å². The van der Waals surface area contributed by atoms with Crippen LogP contribution in [0.2, 0.25) is 0 Å². The molecule has 8 nitrogen and oxygen atoms in total. The van der Waals surface area contributed by atoms with Crippen molar-refractivity contribution in [2.45, 2.75) is 51.2 Å². The number of carbonyl (C=O) groups excluding carboxylic acids is 2. The molecule has 1 aromatic heterocycles. The average Bonchev–Trinajstić information content (AvgIpc) is 3.35. The molecule has 4 rings (SSSR count). The van der Waals surface area contributed by atoms with Crippen molar-refractivity contribution in [3.63, 3.8) is 0 Å². The number of fused-ring (bicyclic) bond motifs is 1. The number of ether oxygens (including phenoxy) is 1. The molecular formula is C19H29N5O3. The molecule has 4 atom stereocenters. The molecule has 2 bridgehead atoms. The fourth-order valence-corrected chi connectivity index (χ4v) is 5.32. The van der Waals surface area contributed by atoms with Gasteiger partial charge in [-0.1, -0.05) is 13.8 Å². The summed E-state index contributed by atoms with van der Waals surface area (Å²) in [6, 6.07) is 0. The van der Waals surface area contributed by atoms with E-state index in [0.717, 1.165) is 42.8 Å². The van der Waals surface area contributed by atoms with Gasteiger partial charge in [-0.15, -0.1) is 0 Å². The number of nitrogens with two attached hydrogens (primary N) is 1. The van der Waals surface area contributed by atoms with Crippen molar-refractivity contribution in [1.29, 1.82) is 0 Å². The van der Waals surface area contributed by atoms with Gasteiger partial charge in [-0.25, -0.2) is 0 Å². The van der Waals surface area contributed by atoms with Crippen LogP contribution in [0.25, 0.3) is 0 Å². The molecule has 1 spiro atoms. The van der Waals surface area contributed by atoms with Crippen LogP contribution in [0, 0.1) is 11.8 Å². The van der Waals surface area contributed by atoms with E-state index in [9.17, 15) is 9.59 Å². The first kappa shape index (κ1) is 18.4. The van der Waals surface area contributed by atoms with E-state index < -0.39 is 17.4 Å². The number of aromatic nitrogens is 2. The molecule has 4 heterocycles. The van der Waals surface area contributed by atoms with Crippen LogP contribution in [0.1, 0.15) is 37.9 Å². The van der Waals surface area contributed by atoms with Crippen LogP contribution < -0.4 is 11.1 Å². The van der Waals surface area contributed by atoms with Gasteiger partial charge in [-0.05, 0) is 25.7 Å². The minimum atomic E-state index is -0.506. The quantitative estimate of drug-likeness (QED) is 0.751. The van der Waals surface area contributed by atoms with E-state index in [1.54, 1.807) is 9.58 Å². The molecule has 2 amide bonds. The third-order valence-corrected chi connectivity index (χ3v) is 6.46. The summed E-state index contributed by atoms with van der Waals surface area (Å²) in [5.41, 5.74) is 7.21. The second-order valence-corrected chi connectivity index (χ2v) is 7.91. The number of hydrogen-bond acceptors (Lipinski definition) is 5. The molecule has 3 fully saturated rings. The molecule has 8 heteroatoms. The second-order valence-electron chi connectivity index (χ2n) is 7.91. The van der Waals surface area contributed by atoms with E-state index in [-0.39, 0.29) is 17.9 Å². The summed E-state index contributed by atoms with van der Waals surface area (Å²) in [4.78, 5) is 28.0. The second kappa shape index (κ2) is 6.60. The monoisotopic (exact) mass is 375 g/mol. The number of aryl methyl sites for hydroxylation is 2. The Morgan fingerprint density at radius 3 is 2.85 bits per heavy atom. The zero-order valence-corrected chi connectivity index (χ0v) is 16.3. The van der Waals surface area contributed by atoms with Crippen LogP contribution >= 0.6 is 0 Å². The number of carbonyl (C=O) groups is 2. The van der Waals surface area contributed by atoms with Crippen molar-refractivity contribution < 1.29 is 14.3 Å². The summed E-state index contributed by atoms with van der Waals surface area (Å²) in [7, 11) is 1.84. The number of rotatable bonds is 6. The summed E-state index contributed by atoms with van der Waals surface area (Å²) in [6.07, 6.45) is 3.10. The summed E-state index contributed by atoms with van der Waals surface area (Å²) in [5.74, 6) is -0.224. The van der Waals surface area contributed by atoms with E-state index >= 15 is 0 Å². The van der Waals surface area contributed by atoms with Crippen LogP contribution in [0.15, 0.2) is 0 Å².